The summed E-state index contributed by atoms with van der Waals surface area (Å²) in [5.74, 6) is 0.479. The molecule has 0 aromatic carbocycles. The van der Waals surface area contributed by atoms with Gasteiger partial charge in [-0.3, -0.25) is 0 Å². The van der Waals surface area contributed by atoms with Crippen LogP contribution >= 0.6 is 0 Å². The Morgan fingerprint density at radius 2 is 1.67 bits per heavy atom. The second-order valence-corrected chi connectivity index (χ2v) is 5.10. The van der Waals surface area contributed by atoms with Gasteiger partial charge in [-0.05, 0) is 45.3 Å². The van der Waals surface area contributed by atoms with E-state index < -0.39 is 0 Å². The molecule has 1 saturated heterocycles. The molecular formula is C13H21BN2O2. The van der Waals surface area contributed by atoms with Crippen LogP contribution in [0.5, 0.6) is 0 Å². The largest absolute Gasteiger partial charge is 0.495 e. The first-order chi connectivity index (χ1) is 8.32. The van der Waals surface area contributed by atoms with Crippen LogP contribution < -0.4 is 11.2 Å². The van der Waals surface area contributed by atoms with Crippen LogP contribution in [0.15, 0.2) is 31.5 Å². The summed E-state index contributed by atoms with van der Waals surface area (Å²) in [6, 6.07) is 3.64. The predicted octanol–water partition coefficient (Wildman–Crippen LogP) is 1.77. The number of hydrogen-bond acceptors (Lipinski definition) is 4. The highest BCUT2D eigenvalue weighted by molar-refractivity contribution is 6.62. The standard InChI is InChI=1S/C11H17BN2O2.C2H4/c1-10(2)11(3,4)16-12(15-10)8-5-6-14-9(13)7-8;1-2/h5-7H,1-4H3,(H2,13,14);1-2H2. The van der Waals surface area contributed by atoms with Gasteiger partial charge in [-0.1, -0.05) is 0 Å². The molecule has 0 bridgehead atoms. The number of nitrogens with two attached hydrogens (primary N) is 1. The minimum absolute atomic E-state index is 0.324. The molecule has 5 heteroatoms. The quantitative estimate of drug-likeness (QED) is 0.607. The van der Waals surface area contributed by atoms with Gasteiger partial charge < -0.3 is 15.0 Å². The van der Waals surface area contributed by atoms with E-state index in [4.69, 9.17) is 15.0 Å². The van der Waals surface area contributed by atoms with Gasteiger partial charge in [0.05, 0.1) is 11.2 Å². The Morgan fingerprint density at radius 3 is 2.11 bits per heavy atom. The average Bonchev–Trinajstić information content (AvgIpc) is 2.51. The van der Waals surface area contributed by atoms with Crippen LogP contribution in [0.25, 0.3) is 0 Å². The second kappa shape index (κ2) is 5.12. The summed E-state index contributed by atoms with van der Waals surface area (Å²) < 4.78 is 11.8. The number of nitrogen functional groups attached to an aromatic ring is 1. The van der Waals surface area contributed by atoms with Gasteiger partial charge in [-0.25, -0.2) is 4.98 Å². The fourth-order valence-electron chi connectivity index (χ4n) is 1.59. The molecule has 0 radical (unpaired) electrons. The van der Waals surface area contributed by atoms with Crippen LogP contribution in [-0.2, 0) is 9.31 Å². The van der Waals surface area contributed by atoms with Crippen molar-refractivity contribution >= 4 is 18.4 Å². The first-order valence-electron chi connectivity index (χ1n) is 5.89. The minimum Gasteiger partial charge on any atom is -0.399 e. The smallest absolute Gasteiger partial charge is 0.399 e. The zero-order valence-corrected chi connectivity index (χ0v) is 11.6. The van der Waals surface area contributed by atoms with E-state index in [-0.39, 0.29) is 18.3 Å². The summed E-state index contributed by atoms with van der Waals surface area (Å²) in [4.78, 5) is 3.95. The zero-order chi connectivity index (χ0) is 14.0. The summed E-state index contributed by atoms with van der Waals surface area (Å²) in [5, 5.41) is 0. The Bertz CT molecular complexity index is 405. The Balaban J connectivity index is 0.000000771. The molecule has 18 heavy (non-hydrogen) atoms. The maximum Gasteiger partial charge on any atom is 0.495 e. The van der Waals surface area contributed by atoms with Gasteiger partial charge in [0.25, 0.3) is 0 Å². The van der Waals surface area contributed by atoms with E-state index in [2.05, 4.69) is 18.1 Å². The van der Waals surface area contributed by atoms with E-state index in [9.17, 15) is 0 Å². The maximum absolute atomic E-state index is 5.90. The van der Waals surface area contributed by atoms with Crippen LogP contribution in [0.3, 0.4) is 0 Å². The predicted molar refractivity (Wildman–Crippen MR) is 75.6 cm³/mol. The normalized spacial score (nSPS) is 20.1. The molecule has 0 atom stereocenters. The van der Waals surface area contributed by atoms with Crippen molar-refractivity contribution in [1.82, 2.24) is 4.98 Å². The zero-order valence-electron chi connectivity index (χ0n) is 11.6. The molecule has 1 aliphatic rings. The summed E-state index contributed by atoms with van der Waals surface area (Å²) >= 11 is 0. The second-order valence-electron chi connectivity index (χ2n) is 5.10. The SMILES string of the molecule is C=C.CC1(C)OB(c2ccnc(N)c2)OC1(C)C. The van der Waals surface area contributed by atoms with Crippen LogP contribution in [0, 0.1) is 0 Å². The van der Waals surface area contributed by atoms with E-state index in [0.29, 0.717) is 5.82 Å². The monoisotopic (exact) mass is 248 g/mol. The molecule has 0 aliphatic carbocycles. The van der Waals surface area contributed by atoms with Crippen molar-refractivity contribution in [3.05, 3.63) is 31.5 Å². The average molecular weight is 248 g/mol. The molecule has 2 rings (SSSR count). The summed E-state index contributed by atoms with van der Waals surface area (Å²) in [6.45, 7) is 14.1. The Morgan fingerprint density at radius 1 is 1.17 bits per heavy atom. The van der Waals surface area contributed by atoms with Gasteiger partial charge in [-0.15, -0.1) is 13.2 Å². The molecule has 1 aliphatic heterocycles. The third-order valence-electron chi connectivity index (χ3n) is 3.33. The molecule has 0 amide bonds. The summed E-state index contributed by atoms with van der Waals surface area (Å²) in [5.41, 5.74) is 5.90. The number of pyridine rings is 1. The lowest BCUT2D eigenvalue weighted by Gasteiger charge is -2.32. The van der Waals surface area contributed by atoms with Crippen molar-refractivity contribution in [3.63, 3.8) is 0 Å². The molecule has 4 nitrogen and oxygen atoms in total. The molecule has 0 spiro atoms. The molecule has 1 fully saturated rings. The highest BCUT2D eigenvalue weighted by Crippen LogP contribution is 2.36. The molecular weight excluding hydrogens is 227 g/mol. The topological polar surface area (TPSA) is 57.4 Å². The summed E-state index contributed by atoms with van der Waals surface area (Å²) in [7, 11) is -0.365. The van der Waals surface area contributed by atoms with Crippen molar-refractivity contribution in [2.24, 2.45) is 0 Å². The van der Waals surface area contributed by atoms with Gasteiger partial charge in [0.15, 0.2) is 0 Å². The molecule has 0 saturated carbocycles. The third kappa shape index (κ3) is 2.74. The van der Waals surface area contributed by atoms with Crippen molar-refractivity contribution in [2.45, 2.75) is 38.9 Å². The minimum atomic E-state index is -0.365. The third-order valence-corrected chi connectivity index (χ3v) is 3.33. The molecule has 0 unspecified atom stereocenters. The van der Waals surface area contributed by atoms with Gasteiger partial charge in [0.1, 0.15) is 5.82 Å². The number of nitrogens with zero attached hydrogens (tertiary/aromatic N) is 1. The van der Waals surface area contributed by atoms with Crippen LogP contribution in [0.2, 0.25) is 0 Å². The molecule has 1 aromatic heterocycles. The fourth-order valence-corrected chi connectivity index (χ4v) is 1.59. The number of aromatic nitrogens is 1. The van der Waals surface area contributed by atoms with E-state index in [1.165, 1.54) is 0 Å². The molecule has 1 aromatic rings. The lowest BCUT2D eigenvalue weighted by molar-refractivity contribution is 0.00578. The Kier molecular flexibility index (Phi) is 4.19. The fraction of sp³-hybridized carbons (Fsp3) is 0.462. The van der Waals surface area contributed by atoms with E-state index in [1.54, 1.807) is 12.3 Å². The van der Waals surface area contributed by atoms with E-state index >= 15 is 0 Å². The molecule has 2 heterocycles. The van der Waals surface area contributed by atoms with Crippen LogP contribution in [-0.4, -0.2) is 23.3 Å². The first-order valence-corrected chi connectivity index (χ1v) is 5.89. The van der Waals surface area contributed by atoms with E-state index in [0.717, 1.165) is 5.46 Å². The molecule has 2 N–H and O–H groups in total. The number of rotatable bonds is 1. The van der Waals surface area contributed by atoms with E-state index in [1.807, 2.05) is 33.8 Å². The van der Waals surface area contributed by atoms with Gasteiger partial charge in [0, 0.05) is 6.20 Å². The van der Waals surface area contributed by atoms with Crippen LogP contribution in [0.1, 0.15) is 27.7 Å². The Labute approximate surface area is 109 Å². The van der Waals surface area contributed by atoms with Crippen LogP contribution in [0.4, 0.5) is 5.82 Å². The molecule has 98 valence electrons. The van der Waals surface area contributed by atoms with Crippen molar-refractivity contribution < 1.29 is 9.31 Å². The van der Waals surface area contributed by atoms with Crippen molar-refractivity contribution in [2.75, 3.05) is 5.73 Å². The summed E-state index contributed by atoms with van der Waals surface area (Å²) in [6.07, 6.45) is 1.66. The van der Waals surface area contributed by atoms with Crippen molar-refractivity contribution in [1.29, 1.82) is 0 Å². The number of hydrogen-bond donors (Lipinski definition) is 1. The van der Waals surface area contributed by atoms with Gasteiger partial charge >= 0.3 is 7.12 Å². The highest BCUT2D eigenvalue weighted by atomic mass is 16.7. The lowest BCUT2D eigenvalue weighted by atomic mass is 9.80. The Hall–Kier alpha value is -1.33. The van der Waals surface area contributed by atoms with Gasteiger partial charge in [-0.2, -0.15) is 0 Å². The lowest BCUT2D eigenvalue weighted by Crippen LogP contribution is -2.41. The van der Waals surface area contributed by atoms with Gasteiger partial charge in [0.2, 0.25) is 0 Å². The highest BCUT2D eigenvalue weighted by Gasteiger charge is 2.51. The maximum atomic E-state index is 5.90. The van der Waals surface area contributed by atoms with Crippen molar-refractivity contribution in [3.8, 4) is 0 Å². The number of anilines is 1. The first kappa shape index (κ1) is 14.7.